The summed E-state index contributed by atoms with van der Waals surface area (Å²) in [6.07, 6.45) is 33.3. The van der Waals surface area contributed by atoms with Gasteiger partial charge in [0.15, 0.2) is 22.5 Å². The van der Waals surface area contributed by atoms with Crippen LogP contribution >= 0.6 is 0 Å². The zero-order valence-electron chi connectivity index (χ0n) is 12.3. The van der Waals surface area contributed by atoms with Crippen molar-refractivity contribution < 1.29 is 4.74 Å². The first-order valence-corrected chi connectivity index (χ1v) is 6.66. The number of ether oxygens (including phenoxy) is 1. The SMILES string of the molecule is C#CC1OC(C#C)(c2ccccc2)C(C#C)(C#C)C1(C#C)C#C. The average Bonchev–Trinajstić information content (AvgIpc) is 2.88. The third-order valence-corrected chi connectivity index (χ3v) is 4.23. The molecule has 1 aromatic rings. The molecule has 2 atom stereocenters. The molecule has 1 heterocycles. The van der Waals surface area contributed by atoms with Gasteiger partial charge in [-0.15, -0.1) is 38.5 Å². The lowest BCUT2D eigenvalue weighted by atomic mass is 9.56. The zero-order valence-corrected chi connectivity index (χ0v) is 12.3. The highest BCUT2D eigenvalue weighted by Gasteiger charge is 2.72. The second-order valence-electron chi connectivity index (χ2n) is 4.99. The molecule has 2 rings (SSSR count). The minimum Gasteiger partial charge on any atom is -0.337 e. The Morgan fingerprint density at radius 1 is 0.783 bits per heavy atom. The van der Waals surface area contributed by atoms with Crippen molar-refractivity contribution in [2.45, 2.75) is 11.7 Å². The predicted molar refractivity (Wildman–Crippen MR) is 90.9 cm³/mol. The number of hydrogen-bond donors (Lipinski definition) is 0. The highest BCUT2D eigenvalue weighted by molar-refractivity contribution is 5.57. The fourth-order valence-electron chi connectivity index (χ4n) is 3.05. The third kappa shape index (κ3) is 1.59. The van der Waals surface area contributed by atoms with E-state index < -0.39 is 22.5 Å². The monoisotopic (exact) mass is 292 g/mol. The predicted octanol–water partition coefficient (Wildman–Crippen LogP) is 2.05. The Labute approximate surface area is 137 Å². The Balaban J connectivity index is 2.99. The van der Waals surface area contributed by atoms with Gasteiger partial charge in [-0.2, -0.15) is 0 Å². The Kier molecular flexibility index (Phi) is 3.73. The van der Waals surface area contributed by atoms with E-state index in [9.17, 15) is 0 Å². The molecular weight excluding hydrogens is 280 g/mol. The number of hydrogen-bond acceptors (Lipinski definition) is 1. The highest BCUT2D eigenvalue weighted by Crippen LogP contribution is 2.61. The van der Waals surface area contributed by atoms with Crippen molar-refractivity contribution in [3.05, 3.63) is 35.9 Å². The van der Waals surface area contributed by atoms with Crippen LogP contribution in [0.5, 0.6) is 0 Å². The van der Waals surface area contributed by atoms with Gasteiger partial charge in [-0.25, -0.2) is 0 Å². The standard InChI is InChI=1S/C22H12O/c1-7-19-20(8-2,9-3)21(10-4,11-5)22(12-6,23-19)18-16-14-13-15-17-18/h1-6,13-17,19H. The summed E-state index contributed by atoms with van der Waals surface area (Å²) in [5, 5.41) is 0. The van der Waals surface area contributed by atoms with Crippen LogP contribution in [0.3, 0.4) is 0 Å². The third-order valence-electron chi connectivity index (χ3n) is 4.23. The van der Waals surface area contributed by atoms with Crippen LogP contribution in [-0.2, 0) is 10.3 Å². The van der Waals surface area contributed by atoms with E-state index in [4.69, 9.17) is 43.3 Å². The normalized spacial score (nSPS) is 26.3. The van der Waals surface area contributed by atoms with E-state index in [-0.39, 0.29) is 0 Å². The first-order chi connectivity index (χ1) is 11.1. The summed E-state index contributed by atoms with van der Waals surface area (Å²) in [7, 11) is 0. The van der Waals surface area contributed by atoms with E-state index in [1.54, 1.807) is 24.3 Å². The Morgan fingerprint density at radius 2 is 1.35 bits per heavy atom. The molecule has 106 valence electrons. The summed E-state index contributed by atoms with van der Waals surface area (Å²) < 4.78 is 5.99. The van der Waals surface area contributed by atoms with Gasteiger partial charge in [-0.1, -0.05) is 65.9 Å². The maximum atomic E-state index is 5.99. The molecule has 0 aromatic heterocycles. The van der Waals surface area contributed by atoms with Crippen LogP contribution in [0, 0.1) is 84.9 Å². The van der Waals surface area contributed by atoms with E-state index in [0.29, 0.717) is 5.56 Å². The van der Waals surface area contributed by atoms with Gasteiger partial charge < -0.3 is 4.74 Å². The molecular formula is C22H12O. The Bertz CT molecular complexity index is 849. The largest absolute Gasteiger partial charge is 0.337 e. The fraction of sp³-hybridized carbons (Fsp3) is 0.182. The van der Waals surface area contributed by atoms with Gasteiger partial charge in [0.05, 0.1) is 0 Å². The van der Waals surface area contributed by atoms with Crippen molar-refractivity contribution in [1.29, 1.82) is 0 Å². The zero-order chi connectivity index (χ0) is 17.1. The lowest BCUT2D eigenvalue weighted by Crippen LogP contribution is -2.48. The molecule has 1 saturated heterocycles. The van der Waals surface area contributed by atoms with Gasteiger partial charge in [0.1, 0.15) is 0 Å². The van der Waals surface area contributed by atoms with Gasteiger partial charge in [-0.3, -0.25) is 0 Å². The molecule has 2 unspecified atom stereocenters. The van der Waals surface area contributed by atoms with Crippen molar-refractivity contribution in [2.24, 2.45) is 10.8 Å². The van der Waals surface area contributed by atoms with Crippen molar-refractivity contribution in [3.63, 3.8) is 0 Å². The van der Waals surface area contributed by atoms with Crippen molar-refractivity contribution in [2.75, 3.05) is 0 Å². The maximum Gasteiger partial charge on any atom is 0.185 e. The number of rotatable bonds is 1. The van der Waals surface area contributed by atoms with Crippen LogP contribution in [-0.4, -0.2) is 6.10 Å². The van der Waals surface area contributed by atoms with E-state index in [1.165, 1.54) is 0 Å². The Morgan fingerprint density at radius 3 is 1.74 bits per heavy atom. The van der Waals surface area contributed by atoms with Crippen molar-refractivity contribution in [3.8, 4) is 74.1 Å². The summed E-state index contributed by atoms with van der Waals surface area (Å²) in [5.41, 5.74) is -4.05. The van der Waals surface area contributed by atoms with Crippen LogP contribution in [0.2, 0.25) is 0 Å². The van der Waals surface area contributed by atoms with Crippen LogP contribution in [0.25, 0.3) is 0 Å². The molecule has 1 aliphatic rings. The second kappa shape index (κ2) is 5.39. The van der Waals surface area contributed by atoms with E-state index in [0.717, 1.165) is 0 Å². The number of benzene rings is 1. The first kappa shape index (κ1) is 15.9. The molecule has 1 aliphatic heterocycles. The van der Waals surface area contributed by atoms with Gasteiger partial charge in [-0.05, 0) is 5.56 Å². The summed E-state index contributed by atoms with van der Waals surface area (Å²) in [4.78, 5) is 0. The molecule has 0 bridgehead atoms. The smallest absolute Gasteiger partial charge is 0.185 e. The lowest BCUT2D eigenvalue weighted by molar-refractivity contribution is -0.00228. The van der Waals surface area contributed by atoms with Gasteiger partial charge >= 0.3 is 0 Å². The van der Waals surface area contributed by atoms with Crippen LogP contribution in [0.15, 0.2) is 30.3 Å². The summed E-state index contributed by atoms with van der Waals surface area (Å²) in [5.74, 6) is 15.1. The molecule has 0 spiro atoms. The Hall–Kier alpha value is -3.46. The number of terminal acetylenes is 6. The van der Waals surface area contributed by atoms with Gasteiger partial charge in [0.2, 0.25) is 0 Å². The molecule has 0 N–H and O–H groups in total. The lowest BCUT2D eigenvalue weighted by Gasteiger charge is -2.38. The molecule has 23 heavy (non-hydrogen) atoms. The fourth-order valence-corrected chi connectivity index (χ4v) is 3.05. The van der Waals surface area contributed by atoms with Crippen LogP contribution in [0.1, 0.15) is 5.56 Å². The minimum absolute atomic E-state index is 0.575. The van der Waals surface area contributed by atoms with E-state index >= 15 is 0 Å². The maximum absolute atomic E-state index is 5.99. The molecule has 1 heteroatoms. The van der Waals surface area contributed by atoms with Gasteiger partial charge in [0, 0.05) is 0 Å². The van der Waals surface area contributed by atoms with Crippen LogP contribution in [0.4, 0.5) is 0 Å². The average molecular weight is 292 g/mol. The quantitative estimate of drug-likeness (QED) is 0.720. The van der Waals surface area contributed by atoms with E-state index in [2.05, 4.69) is 35.5 Å². The summed E-state index contributed by atoms with van der Waals surface area (Å²) in [6, 6.07) is 8.89. The first-order valence-electron chi connectivity index (χ1n) is 6.66. The topological polar surface area (TPSA) is 9.23 Å². The molecule has 0 aliphatic carbocycles. The summed E-state index contributed by atoms with van der Waals surface area (Å²) >= 11 is 0. The van der Waals surface area contributed by atoms with E-state index in [1.807, 2.05) is 6.07 Å². The van der Waals surface area contributed by atoms with Crippen LogP contribution < -0.4 is 0 Å². The summed E-state index contributed by atoms with van der Waals surface area (Å²) in [6.45, 7) is 0. The molecule has 1 aromatic carbocycles. The second-order valence-corrected chi connectivity index (χ2v) is 4.99. The molecule has 0 amide bonds. The molecule has 1 nitrogen and oxygen atoms in total. The highest BCUT2D eigenvalue weighted by atomic mass is 16.5. The van der Waals surface area contributed by atoms with Gasteiger partial charge in [0.25, 0.3) is 0 Å². The molecule has 0 saturated carbocycles. The van der Waals surface area contributed by atoms with Crippen molar-refractivity contribution >= 4 is 0 Å². The molecule has 0 radical (unpaired) electrons. The van der Waals surface area contributed by atoms with Crippen molar-refractivity contribution in [1.82, 2.24) is 0 Å². The molecule has 1 fully saturated rings. The minimum atomic E-state index is -1.59.